The average molecular weight is 167 g/mol. The van der Waals surface area contributed by atoms with Crippen molar-refractivity contribution in [2.45, 2.75) is 39.5 Å². The van der Waals surface area contributed by atoms with Crippen LogP contribution in [-0.4, -0.2) is 5.78 Å². The van der Waals surface area contributed by atoms with E-state index in [1.165, 1.54) is 0 Å². The van der Waals surface area contributed by atoms with Crippen molar-refractivity contribution in [3.63, 3.8) is 0 Å². The third-order valence-electron chi connectivity index (χ3n) is 2.62. The number of carbonyl (C=O) groups excluding carboxylic acids is 1. The second kappa shape index (κ2) is 3.74. The molecule has 2 heteroatoms. The van der Waals surface area contributed by atoms with Gasteiger partial charge in [0.05, 0.1) is 0 Å². The van der Waals surface area contributed by atoms with E-state index < -0.39 is 0 Å². The Labute approximate surface area is 73.8 Å². The molecule has 1 aliphatic rings. The molecule has 0 bridgehead atoms. The first kappa shape index (κ1) is 9.30. The molecule has 1 unspecified atom stereocenters. The standard InChI is InChI=1S/C10H17NO/c1-3-8-5-4-6-9(11)10(8)7(2)12/h8H,3-6,11H2,1-2H3. The molecule has 0 aromatic rings. The van der Waals surface area contributed by atoms with Crippen LogP contribution >= 0.6 is 0 Å². The first-order valence-corrected chi connectivity index (χ1v) is 4.66. The van der Waals surface area contributed by atoms with Gasteiger partial charge in [-0.25, -0.2) is 0 Å². The van der Waals surface area contributed by atoms with Crippen molar-refractivity contribution in [2.24, 2.45) is 11.7 Å². The van der Waals surface area contributed by atoms with Crippen molar-refractivity contribution < 1.29 is 4.79 Å². The monoisotopic (exact) mass is 167 g/mol. The van der Waals surface area contributed by atoms with Crippen molar-refractivity contribution in [3.8, 4) is 0 Å². The maximum Gasteiger partial charge on any atom is 0.157 e. The zero-order valence-corrected chi connectivity index (χ0v) is 7.89. The van der Waals surface area contributed by atoms with Crippen molar-refractivity contribution in [1.82, 2.24) is 0 Å². The largest absolute Gasteiger partial charge is 0.402 e. The van der Waals surface area contributed by atoms with Crippen molar-refractivity contribution in [3.05, 3.63) is 11.3 Å². The highest BCUT2D eigenvalue weighted by atomic mass is 16.1. The summed E-state index contributed by atoms with van der Waals surface area (Å²) in [7, 11) is 0. The smallest absolute Gasteiger partial charge is 0.157 e. The van der Waals surface area contributed by atoms with Crippen LogP contribution in [0.25, 0.3) is 0 Å². The Morgan fingerprint density at radius 2 is 2.33 bits per heavy atom. The summed E-state index contributed by atoms with van der Waals surface area (Å²) in [4.78, 5) is 11.2. The lowest BCUT2D eigenvalue weighted by molar-refractivity contribution is -0.114. The Hall–Kier alpha value is -0.790. The molecule has 0 aromatic carbocycles. The van der Waals surface area contributed by atoms with Crippen LogP contribution in [0.1, 0.15) is 39.5 Å². The molecule has 0 saturated carbocycles. The second-order valence-corrected chi connectivity index (χ2v) is 3.49. The van der Waals surface area contributed by atoms with E-state index in [0.717, 1.165) is 37.0 Å². The second-order valence-electron chi connectivity index (χ2n) is 3.49. The number of hydrogen-bond donors (Lipinski definition) is 1. The molecule has 68 valence electrons. The summed E-state index contributed by atoms with van der Waals surface area (Å²) in [5.74, 6) is 0.593. The van der Waals surface area contributed by atoms with Gasteiger partial charge in [0.25, 0.3) is 0 Å². The molecule has 12 heavy (non-hydrogen) atoms. The van der Waals surface area contributed by atoms with E-state index in [2.05, 4.69) is 6.92 Å². The predicted molar refractivity (Wildman–Crippen MR) is 49.5 cm³/mol. The summed E-state index contributed by atoms with van der Waals surface area (Å²) in [5, 5.41) is 0. The lowest BCUT2D eigenvalue weighted by Crippen LogP contribution is -2.20. The quantitative estimate of drug-likeness (QED) is 0.683. The summed E-state index contributed by atoms with van der Waals surface area (Å²) in [6.07, 6.45) is 4.22. The Kier molecular flexibility index (Phi) is 2.90. The first-order chi connectivity index (χ1) is 5.66. The minimum absolute atomic E-state index is 0.166. The number of carbonyl (C=O) groups is 1. The van der Waals surface area contributed by atoms with Gasteiger partial charge in [-0.2, -0.15) is 0 Å². The van der Waals surface area contributed by atoms with Gasteiger partial charge in [0.1, 0.15) is 0 Å². The SMILES string of the molecule is CCC1CCCC(N)=C1C(C)=O. The van der Waals surface area contributed by atoms with Gasteiger partial charge >= 0.3 is 0 Å². The van der Waals surface area contributed by atoms with Gasteiger partial charge in [0.2, 0.25) is 0 Å². The molecular weight excluding hydrogens is 150 g/mol. The molecule has 0 spiro atoms. The Morgan fingerprint density at radius 3 is 2.75 bits per heavy atom. The maximum atomic E-state index is 11.2. The molecule has 0 fully saturated rings. The van der Waals surface area contributed by atoms with E-state index in [4.69, 9.17) is 5.73 Å². The topological polar surface area (TPSA) is 43.1 Å². The molecule has 2 nitrogen and oxygen atoms in total. The Morgan fingerprint density at radius 1 is 1.67 bits per heavy atom. The number of ketones is 1. The molecule has 1 atom stereocenters. The predicted octanol–water partition coefficient (Wildman–Crippen LogP) is 2.00. The van der Waals surface area contributed by atoms with Gasteiger partial charge in [-0.05, 0) is 38.5 Å². The zero-order chi connectivity index (χ0) is 9.14. The highest BCUT2D eigenvalue weighted by Gasteiger charge is 2.22. The highest BCUT2D eigenvalue weighted by molar-refractivity contribution is 5.94. The van der Waals surface area contributed by atoms with Crippen LogP contribution in [0.15, 0.2) is 11.3 Å². The third kappa shape index (κ3) is 1.68. The van der Waals surface area contributed by atoms with E-state index in [0.29, 0.717) is 5.92 Å². The van der Waals surface area contributed by atoms with Crippen molar-refractivity contribution in [2.75, 3.05) is 0 Å². The lowest BCUT2D eigenvalue weighted by Gasteiger charge is -2.24. The molecule has 0 aliphatic heterocycles. The van der Waals surface area contributed by atoms with Crippen LogP contribution in [0.3, 0.4) is 0 Å². The van der Waals surface area contributed by atoms with E-state index in [9.17, 15) is 4.79 Å². The average Bonchev–Trinajstić information content (AvgIpc) is 2.03. The van der Waals surface area contributed by atoms with Crippen LogP contribution in [0, 0.1) is 5.92 Å². The summed E-state index contributed by atoms with van der Waals surface area (Å²) in [5.41, 5.74) is 7.54. The van der Waals surface area contributed by atoms with Gasteiger partial charge in [0, 0.05) is 11.3 Å². The van der Waals surface area contributed by atoms with Crippen LogP contribution in [0.4, 0.5) is 0 Å². The molecule has 1 rings (SSSR count). The Balaban J connectivity index is 2.91. The first-order valence-electron chi connectivity index (χ1n) is 4.66. The van der Waals surface area contributed by atoms with Crippen LogP contribution in [0.2, 0.25) is 0 Å². The molecule has 0 saturated heterocycles. The van der Waals surface area contributed by atoms with Crippen LogP contribution < -0.4 is 5.73 Å². The van der Waals surface area contributed by atoms with Gasteiger partial charge < -0.3 is 5.73 Å². The molecule has 0 heterocycles. The molecule has 2 N–H and O–H groups in total. The van der Waals surface area contributed by atoms with Gasteiger partial charge in [-0.1, -0.05) is 6.92 Å². The van der Waals surface area contributed by atoms with Gasteiger partial charge in [-0.3, -0.25) is 4.79 Å². The van der Waals surface area contributed by atoms with Gasteiger partial charge in [0.15, 0.2) is 5.78 Å². The molecule has 1 aliphatic carbocycles. The van der Waals surface area contributed by atoms with E-state index in [1.807, 2.05) is 0 Å². The summed E-state index contributed by atoms with van der Waals surface area (Å²) < 4.78 is 0. The number of Topliss-reactive ketones (excluding diaryl/α,β-unsaturated/α-hetero) is 1. The third-order valence-corrected chi connectivity index (χ3v) is 2.62. The molecule has 0 amide bonds. The van der Waals surface area contributed by atoms with E-state index >= 15 is 0 Å². The van der Waals surface area contributed by atoms with Crippen LogP contribution in [-0.2, 0) is 4.79 Å². The number of allylic oxidation sites excluding steroid dienone is 2. The minimum atomic E-state index is 0.166. The van der Waals surface area contributed by atoms with E-state index in [-0.39, 0.29) is 5.78 Å². The van der Waals surface area contributed by atoms with Crippen molar-refractivity contribution >= 4 is 5.78 Å². The fraction of sp³-hybridized carbons (Fsp3) is 0.700. The summed E-state index contributed by atoms with van der Waals surface area (Å²) in [6.45, 7) is 3.74. The maximum absolute atomic E-state index is 11.2. The summed E-state index contributed by atoms with van der Waals surface area (Å²) >= 11 is 0. The van der Waals surface area contributed by atoms with E-state index in [1.54, 1.807) is 6.92 Å². The lowest BCUT2D eigenvalue weighted by atomic mass is 9.82. The highest BCUT2D eigenvalue weighted by Crippen LogP contribution is 2.30. The Bertz CT molecular complexity index is 218. The molecular formula is C10H17NO. The fourth-order valence-corrected chi connectivity index (χ4v) is 2.00. The van der Waals surface area contributed by atoms with Gasteiger partial charge in [-0.15, -0.1) is 0 Å². The molecule has 0 radical (unpaired) electrons. The van der Waals surface area contributed by atoms with Crippen molar-refractivity contribution in [1.29, 1.82) is 0 Å². The number of rotatable bonds is 2. The zero-order valence-electron chi connectivity index (χ0n) is 7.89. The minimum Gasteiger partial charge on any atom is -0.402 e. The molecule has 0 aromatic heterocycles. The fourth-order valence-electron chi connectivity index (χ4n) is 2.00. The number of hydrogen-bond acceptors (Lipinski definition) is 2. The summed E-state index contributed by atoms with van der Waals surface area (Å²) in [6, 6.07) is 0. The number of nitrogens with two attached hydrogens (primary N) is 1. The van der Waals surface area contributed by atoms with Crippen LogP contribution in [0.5, 0.6) is 0 Å². The normalized spacial score (nSPS) is 24.3.